The zero-order valence-electron chi connectivity index (χ0n) is 11.2. The fourth-order valence-corrected chi connectivity index (χ4v) is 2.86. The molecule has 0 saturated carbocycles. The summed E-state index contributed by atoms with van der Waals surface area (Å²) in [6.07, 6.45) is 2.33. The molecule has 1 aliphatic heterocycles. The van der Waals surface area contributed by atoms with E-state index in [4.69, 9.17) is 5.73 Å². The van der Waals surface area contributed by atoms with Crippen molar-refractivity contribution in [2.75, 3.05) is 26.2 Å². The molecule has 19 heavy (non-hydrogen) atoms. The van der Waals surface area contributed by atoms with Crippen molar-refractivity contribution < 1.29 is 9.90 Å². The Hall–Kier alpha value is -1.39. The summed E-state index contributed by atoms with van der Waals surface area (Å²) in [6.45, 7) is 3.34. The van der Waals surface area contributed by atoms with Crippen LogP contribution in [0.1, 0.15) is 24.8 Å². The molecule has 2 rings (SSSR count). The fraction of sp³-hybridized carbons (Fsp3) is 0.533. The number of benzene rings is 1. The van der Waals surface area contributed by atoms with Crippen molar-refractivity contribution >= 4 is 5.97 Å². The van der Waals surface area contributed by atoms with Gasteiger partial charge in [-0.05, 0) is 51.0 Å². The summed E-state index contributed by atoms with van der Waals surface area (Å²) in [7, 11) is 0. The van der Waals surface area contributed by atoms with E-state index in [2.05, 4.69) is 4.90 Å². The Bertz CT molecular complexity index is 411. The van der Waals surface area contributed by atoms with E-state index in [9.17, 15) is 9.90 Å². The number of hydrogen-bond donors (Lipinski definition) is 2. The molecular formula is C15H22N2O2. The lowest BCUT2D eigenvalue weighted by atomic mass is 9.73. The summed E-state index contributed by atoms with van der Waals surface area (Å²) in [5, 5.41) is 9.67. The van der Waals surface area contributed by atoms with Gasteiger partial charge < -0.3 is 15.7 Å². The lowest BCUT2D eigenvalue weighted by Gasteiger charge is -2.39. The highest BCUT2D eigenvalue weighted by Gasteiger charge is 2.42. The van der Waals surface area contributed by atoms with Crippen molar-refractivity contribution in [2.24, 2.45) is 5.73 Å². The van der Waals surface area contributed by atoms with Crippen molar-refractivity contribution in [3.63, 3.8) is 0 Å². The Morgan fingerprint density at radius 1 is 1.26 bits per heavy atom. The molecule has 0 spiro atoms. The smallest absolute Gasteiger partial charge is 0.314 e. The molecule has 1 aliphatic rings. The topological polar surface area (TPSA) is 66.6 Å². The van der Waals surface area contributed by atoms with E-state index in [0.29, 0.717) is 19.4 Å². The van der Waals surface area contributed by atoms with Crippen LogP contribution in [-0.4, -0.2) is 42.2 Å². The van der Waals surface area contributed by atoms with E-state index in [-0.39, 0.29) is 0 Å². The van der Waals surface area contributed by atoms with Crippen molar-refractivity contribution in [1.29, 1.82) is 0 Å². The van der Waals surface area contributed by atoms with E-state index in [1.807, 2.05) is 30.3 Å². The molecule has 0 unspecified atom stereocenters. The van der Waals surface area contributed by atoms with Crippen LogP contribution in [-0.2, 0) is 10.2 Å². The monoisotopic (exact) mass is 262 g/mol. The Morgan fingerprint density at radius 2 is 1.89 bits per heavy atom. The average Bonchev–Trinajstić information content (AvgIpc) is 2.46. The quantitative estimate of drug-likeness (QED) is 0.843. The maximum absolute atomic E-state index is 11.8. The molecule has 0 radical (unpaired) electrons. The number of hydrogen-bond acceptors (Lipinski definition) is 3. The van der Waals surface area contributed by atoms with Crippen molar-refractivity contribution in [2.45, 2.75) is 24.7 Å². The number of carboxylic acid groups (broad SMARTS) is 1. The Kier molecular flexibility index (Phi) is 4.56. The van der Waals surface area contributed by atoms with Crippen LogP contribution in [0.15, 0.2) is 30.3 Å². The molecule has 4 heteroatoms. The molecule has 1 aromatic carbocycles. The van der Waals surface area contributed by atoms with Gasteiger partial charge in [0.15, 0.2) is 0 Å². The largest absolute Gasteiger partial charge is 0.481 e. The first-order valence-electron chi connectivity index (χ1n) is 6.90. The maximum Gasteiger partial charge on any atom is 0.314 e. The summed E-state index contributed by atoms with van der Waals surface area (Å²) in [4.78, 5) is 14.1. The fourth-order valence-electron chi connectivity index (χ4n) is 2.86. The first-order chi connectivity index (χ1) is 9.19. The van der Waals surface area contributed by atoms with E-state index in [1.165, 1.54) is 0 Å². The van der Waals surface area contributed by atoms with Crippen LogP contribution in [0.4, 0.5) is 0 Å². The van der Waals surface area contributed by atoms with E-state index in [1.54, 1.807) is 0 Å². The molecule has 104 valence electrons. The van der Waals surface area contributed by atoms with Crippen molar-refractivity contribution in [3.05, 3.63) is 35.9 Å². The van der Waals surface area contributed by atoms with Crippen molar-refractivity contribution in [1.82, 2.24) is 4.90 Å². The Balaban J connectivity index is 2.10. The lowest BCUT2D eigenvalue weighted by molar-refractivity contribution is -0.146. The average molecular weight is 262 g/mol. The zero-order chi connectivity index (χ0) is 13.7. The van der Waals surface area contributed by atoms with Gasteiger partial charge in [-0.15, -0.1) is 0 Å². The molecule has 3 N–H and O–H groups in total. The summed E-state index contributed by atoms with van der Waals surface area (Å²) in [5.41, 5.74) is 5.74. The molecule has 0 aromatic heterocycles. The predicted octanol–water partition coefficient (Wildman–Crippen LogP) is 1.45. The van der Waals surface area contributed by atoms with Crippen LogP contribution >= 0.6 is 0 Å². The highest BCUT2D eigenvalue weighted by Crippen LogP contribution is 2.35. The standard InChI is InChI=1S/C15H22N2O2/c16-9-4-10-17-11-7-15(8-12-17,14(18)19)13-5-2-1-3-6-13/h1-3,5-6H,4,7-12,16H2,(H,18,19). The Morgan fingerprint density at radius 3 is 2.42 bits per heavy atom. The van der Waals surface area contributed by atoms with E-state index >= 15 is 0 Å². The third-order valence-corrected chi connectivity index (χ3v) is 4.12. The highest BCUT2D eigenvalue weighted by atomic mass is 16.4. The minimum absolute atomic E-state index is 0.677. The van der Waals surface area contributed by atoms with Gasteiger partial charge in [-0.3, -0.25) is 4.79 Å². The summed E-state index contributed by atoms with van der Waals surface area (Å²) in [5.74, 6) is -0.697. The van der Waals surface area contributed by atoms with Crippen LogP contribution in [0.2, 0.25) is 0 Å². The molecule has 0 aliphatic carbocycles. The number of carbonyl (C=O) groups is 1. The predicted molar refractivity (Wildman–Crippen MR) is 75.1 cm³/mol. The lowest BCUT2D eigenvalue weighted by Crippen LogP contribution is -2.47. The molecule has 0 atom stereocenters. The second kappa shape index (κ2) is 6.17. The highest BCUT2D eigenvalue weighted by molar-refractivity contribution is 5.81. The number of piperidine rings is 1. The summed E-state index contributed by atoms with van der Waals surface area (Å²) < 4.78 is 0. The molecule has 0 amide bonds. The number of nitrogens with zero attached hydrogens (tertiary/aromatic N) is 1. The first kappa shape index (κ1) is 14.0. The van der Waals surface area contributed by atoms with Gasteiger partial charge in [-0.2, -0.15) is 0 Å². The summed E-state index contributed by atoms with van der Waals surface area (Å²) >= 11 is 0. The molecular weight excluding hydrogens is 240 g/mol. The van der Waals surface area contributed by atoms with Crippen LogP contribution in [0.25, 0.3) is 0 Å². The summed E-state index contributed by atoms with van der Waals surface area (Å²) in [6, 6.07) is 9.63. The van der Waals surface area contributed by atoms with E-state index < -0.39 is 11.4 Å². The Labute approximate surface area is 114 Å². The van der Waals surface area contributed by atoms with Gasteiger partial charge in [-0.1, -0.05) is 30.3 Å². The number of nitrogens with two attached hydrogens (primary N) is 1. The van der Waals surface area contributed by atoms with Gasteiger partial charge >= 0.3 is 5.97 Å². The first-order valence-corrected chi connectivity index (χ1v) is 6.90. The molecule has 1 heterocycles. The van der Waals surface area contributed by atoms with Crippen molar-refractivity contribution in [3.8, 4) is 0 Å². The normalized spacial score (nSPS) is 19.2. The van der Waals surface area contributed by atoms with Crippen LogP contribution in [0.3, 0.4) is 0 Å². The van der Waals surface area contributed by atoms with Gasteiger partial charge in [0.2, 0.25) is 0 Å². The SMILES string of the molecule is NCCCN1CCC(C(=O)O)(c2ccccc2)CC1. The third-order valence-electron chi connectivity index (χ3n) is 4.12. The molecule has 4 nitrogen and oxygen atoms in total. The van der Waals surface area contributed by atoms with Gasteiger partial charge in [0.25, 0.3) is 0 Å². The second-order valence-electron chi connectivity index (χ2n) is 5.24. The van der Waals surface area contributed by atoms with Crippen LogP contribution in [0, 0.1) is 0 Å². The minimum Gasteiger partial charge on any atom is -0.481 e. The number of rotatable bonds is 5. The second-order valence-corrected chi connectivity index (χ2v) is 5.24. The van der Waals surface area contributed by atoms with Crippen LogP contribution < -0.4 is 5.73 Å². The minimum atomic E-state index is -0.708. The number of likely N-dealkylation sites (tertiary alicyclic amines) is 1. The molecule has 1 aromatic rings. The van der Waals surface area contributed by atoms with Gasteiger partial charge in [0.1, 0.15) is 0 Å². The maximum atomic E-state index is 11.8. The molecule has 0 bridgehead atoms. The van der Waals surface area contributed by atoms with Gasteiger partial charge in [-0.25, -0.2) is 0 Å². The molecule has 1 fully saturated rings. The van der Waals surface area contributed by atoms with Crippen LogP contribution in [0.5, 0.6) is 0 Å². The van der Waals surface area contributed by atoms with Gasteiger partial charge in [0.05, 0.1) is 5.41 Å². The molecule has 1 saturated heterocycles. The number of carboxylic acids is 1. The number of aliphatic carboxylic acids is 1. The van der Waals surface area contributed by atoms with Gasteiger partial charge in [0, 0.05) is 0 Å². The zero-order valence-corrected chi connectivity index (χ0v) is 11.2. The van der Waals surface area contributed by atoms with E-state index in [0.717, 1.165) is 31.6 Å². The third kappa shape index (κ3) is 2.96.